The van der Waals surface area contributed by atoms with Crippen molar-refractivity contribution in [3.63, 3.8) is 0 Å². The number of aliphatic hydroxyl groups excluding tert-OH is 1. The lowest BCUT2D eigenvalue weighted by Crippen LogP contribution is -2.04. The molecule has 0 aliphatic rings. The summed E-state index contributed by atoms with van der Waals surface area (Å²) in [4.78, 5) is 25.3. The van der Waals surface area contributed by atoms with Crippen molar-refractivity contribution in [1.29, 1.82) is 0 Å². The Kier molecular flexibility index (Phi) is 10.2. The summed E-state index contributed by atoms with van der Waals surface area (Å²) in [5, 5.41) is 12.0. The maximum absolute atomic E-state index is 13.6. The minimum Gasteiger partial charge on any atom is -0.464 e. The summed E-state index contributed by atoms with van der Waals surface area (Å²) in [6.07, 6.45) is 5.00. The van der Waals surface area contributed by atoms with Crippen molar-refractivity contribution in [3.05, 3.63) is 115 Å². The molecular weight excluding hydrogens is 692 g/mol. The molecule has 6 rings (SSSR count). The smallest absolute Gasteiger partial charge is 0.223 e. The molecule has 0 amide bonds. The normalized spacial score (nSPS) is 11.4. The van der Waals surface area contributed by atoms with Gasteiger partial charge >= 0.3 is 0 Å². The van der Waals surface area contributed by atoms with Crippen LogP contribution >= 0.6 is 62.3 Å². The number of hydrogen-bond acceptors (Lipinski definition) is 8. The first-order valence-corrected chi connectivity index (χ1v) is 13.4. The van der Waals surface area contributed by atoms with Crippen molar-refractivity contribution >= 4 is 90.6 Å². The summed E-state index contributed by atoms with van der Waals surface area (Å²) in [5.41, 5.74) is 1.53. The molecule has 0 spiro atoms. The van der Waals surface area contributed by atoms with Crippen LogP contribution in [0.4, 0.5) is 8.78 Å². The summed E-state index contributed by atoms with van der Waals surface area (Å²) >= 11 is 25.6. The minimum absolute atomic E-state index is 0.00136. The van der Waals surface area contributed by atoms with Crippen LogP contribution in [0.2, 0.25) is 20.9 Å². The van der Waals surface area contributed by atoms with Gasteiger partial charge in [0.15, 0.2) is 6.29 Å². The maximum atomic E-state index is 13.6. The lowest BCUT2D eigenvalue weighted by molar-refractivity contribution is 0.112. The number of carbonyl (C=O) groups is 1. The van der Waals surface area contributed by atoms with Gasteiger partial charge in [-0.2, -0.15) is 0 Å². The van der Waals surface area contributed by atoms with Gasteiger partial charge < -0.3 is 13.9 Å². The molecule has 0 bridgehead atoms. The summed E-state index contributed by atoms with van der Waals surface area (Å²) in [6.45, 7) is 0. The van der Waals surface area contributed by atoms with E-state index < -0.39 is 17.7 Å². The third-order valence-electron chi connectivity index (χ3n) is 5.22. The number of aldehydes is 1. The number of carbonyl (C=O) groups excluding carboxylic acids is 1. The number of furan rings is 2. The highest BCUT2D eigenvalue weighted by atomic mass is 79.9. The van der Waals surface area contributed by atoms with Gasteiger partial charge in [-0.15, -0.1) is 0 Å². The van der Waals surface area contributed by atoms with Gasteiger partial charge in [-0.3, -0.25) is 4.79 Å². The number of fused-ring (bicyclic) bond motifs is 2. The molecule has 0 saturated heterocycles. The molecule has 0 radical (unpaired) electrons. The van der Waals surface area contributed by atoms with Crippen molar-refractivity contribution < 1.29 is 27.5 Å². The van der Waals surface area contributed by atoms with E-state index in [1.807, 2.05) is 0 Å². The average molecular weight is 705 g/mol. The first kappa shape index (κ1) is 30.8. The Morgan fingerprint density at radius 2 is 1.37 bits per heavy atom. The Labute approximate surface area is 258 Å². The van der Waals surface area contributed by atoms with Crippen molar-refractivity contribution in [2.45, 2.75) is 6.10 Å². The second-order valence-corrected chi connectivity index (χ2v) is 10.1. The van der Waals surface area contributed by atoms with E-state index in [1.54, 1.807) is 12.1 Å². The molecule has 0 saturated carbocycles. The maximum Gasteiger partial charge on any atom is 0.223 e. The topological polar surface area (TPSA) is 115 Å². The molecular formula is C26H13BrCl4F2N4O4. The first-order chi connectivity index (χ1) is 19.6. The third kappa shape index (κ3) is 7.56. The first-order valence-electron chi connectivity index (χ1n) is 11.1. The van der Waals surface area contributed by atoms with Gasteiger partial charge in [0, 0.05) is 34.3 Å². The van der Waals surface area contributed by atoms with Crippen molar-refractivity contribution in [1.82, 2.24) is 19.9 Å². The highest BCUT2D eigenvalue weighted by Gasteiger charge is 2.21. The Bertz CT molecular complexity index is 1850. The van der Waals surface area contributed by atoms with Crippen molar-refractivity contribution in [2.75, 3.05) is 0 Å². The van der Waals surface area contributed by atoms with Gasteiger partial charge in [0.05, 0.1) is 22.6 Å². The van der Waals surface area contributed by atoms with Crippen LogP contribution in [0.25, 0.3) is 21.9 Å². The largest absolute Gasteiger partial charge is 0.464 e. The summed E-state index contributed by atoms with van der Waals surface area (Å²) < 4.78 is 37.3. The Morgan fingerprint density at radius 3 is 1.95 bits per heavy atom. The quantitative estimate of drug-likeness (QED) is 0.111. The second-order valence-electron chi connectivity index (χ2n) is 7.85. The van der Waals surface area contributed by atoms with Gasteiger partial charge in [0.2, 0.25) is 10.6 Å². The van der Waals surface area contributed by atoms with Crippen molar-refractivity contribution in [2.24, 2.45) is 0 Å². The zero-order valence-corrected chi connectivity index (χ0v) is 24.6. The van der Waals surface area contributed by atoms with E-state index in [2.05, 4.69) is 35.9 Å². The summed E-state index contributed by atoms with van der Waals surface area (Å²) in [6, 6.07) is 8.20. The van der Waals surface area contributed by atoms with Crippen molar-refractivity contribution in [3.8, 4) is 0 Å². The summed E-state index contributed by atoms with van der Waals surface area (Å²) in [7, 11) is 0. The van der Waals surface area contributed by atoms with Crippen LogP contribution in [0.1, 0.15) is 27.6 Å². The third-order valence-corrected chi connectivity index (χ3v) is 6.98. The molecule has 6 aromatic rings. The van der Waals surface area contributed by atoms with E-state index in [-0.39, 0.29) is 32.4 Å². The van der Waals surface area contributed by atoms with E-state index in [0.717, 1.165) is 6.07 Å². The number of hydrogen-bond donors (Lipinski definition) is 1. The van der Waals surface area contributed by atoms with E-state index in [4.69, 9.17) is 55.2 Å². The van der Waals surface area contributed by atoms with Gasteiger partial charge in [0.1, 0.15) is 39.2 Å². The summed E-state index contributed by atoms with van der Waals surface area (Å²) in [5.74, 6) is -0.912. The van der Waals surface area contributed by atoms with Crippen LogP contribution in [-0.4, -0.2) is 31.3 Å². The molecule has 210 valence electrons. The predicted molar refractivity (Wildman–Crippen MR) is 154 cm³/mol. The van der Waals surface area contributed by atoms with E-state index in [1.165, 1.54) is 43.1 Å². The lowest BCUT2D eigenvalue weighted by Gasteiger charge is -2.12. The van der Waals surface area contributed by atoms with Crippen LogP contribution in [0.15, 0.2) is 74.6 Å². The second kappa shape index (κ2) is 13.6. The van der Waals surface area contributed by atoms with Gasteiger partial charge in [-0.05, 0) is 75.5 Å². The van der Waals surface area contributed by atoms with E-state index >= 15 is 0 Å². The molecule has 41 heavy (non-hydrogen) atoms. The van der Waals surface area contributed by atoms with Gasteiger partial charge in [-0.25, -0.2) is 28.7 Å². The molecule has 4 aromatic heterocycles. The predicted octanol–water partition coefficient (Wildman–Crippen LogP) is 8.68. The number of halogens is 7. The molecule has 0 aliphatic carbocycles. The Morgan fingerprint density at radius 1 is 0.805 bits per heavy atom. The highest BCUT2D eigenvalue weighted by molar-refractivity contribution is 9.10. The molecule has 0 fully saturated rings. The fraction of sp³-hybridized carbons (Fsp3) is 0.0385. The van der Waals surface area contributed by atoms with Gasteiger partial charge in [-0.1, -0.05) is 23.2 Å². The molecule has 1 N–H and O–H groups in total. The molecule has 2 aromatic carbocycles. The SMILES string of the molecule is Clc1ncc(Br)c(Cl)n1.O=Cc1cc(F)cc2ccoc12.OC(c1cnc(Cl)nc1Cl)c1cc(F)cc2ccoc12. The number of aromatic nitrogens is 4. The van der Waals surface area contributed by atoms with Gasteiger partial charge in [0.25, 0.3) is 0 Å². The van der Waals surface area contributed by atoms with Crippen LogP contribution in [0.3, 0.4) is 0 Å². The number of aliphatic hydroxyl groups is 1. The fourth-order valence-electron chi connectivity index (χ4n) is 3.46. The molecule has 8 nitrogen and oxygen atoms in total. The Balaban J connectivity index is 0.000000156. The Hall–Kier alpha value is -3.19. The molecule has 1 atom stereocenters. The monoisotopic (exact) mass is 702 g/mol. The van der Waals surface area contributed by atoms with Crippen LogP contribution in [-0.2, 0) is 0 Å². The zero-order valence-electron chi connectivity index (χ0n) is 20.0. The standard InChI is InChI=1S/C13H7Cl2FN2O2.C9H5FO2.C4HBrCl2N2/c14-12-9(5-17-13(15)18-12)10(19)8-4-7(16)3-6-1-2-20-11(6)8;10-8-3-6-1-2-12-9(6)7(4-8)5-11;5-2-1-8-4(7)9-3(2)6/h1-5,10,19H;1-5H;1H. The van der Waals surface area contributed by atoms with Crippen LogP contribution < -0.4 is 0 Å². The lowest BCUT2D eigenvalue weighted by atomic mass is 10.0. The van der Waals surface area contributed by atoms with Crippen LogP contribution in [0, 0.1) is 11.6 Å². The molecule has 15 heteroatoms. The number of rotatable bonds is 3. The highest BCUT2D eigenvalue weighted by Crippen LogP contribution is 2.33. The zero-order chi connectivity index (χ0) is 29.7. The fourth-order valence-corrected chi connectivity index (χ4v) is 4.37. The van der Waals surface area contributed by atoms with E-state index in [0.29, 0.717) is 37.9 Å². The van der Waals surface area contributed by atoms with Crippen LogP contribution in [0.5, 0.6) is 0 Å². The molecule has 1 unspecified atom stereocenters. The molecule has 0 aliphatic heterocycles. The minimum atomic E-state index is -1.22. The molecule has 4 heterocycles. The average Bonchev–Trinajstić information content (AvgIpc) is 3.60. The number of benzene rings is 2. The number of nitrogens with zero attached hydrogens (tertiary/aromatic N) is 4. The van der Waals surface area contributed by atoms with E-state index in [9.17, 15) is 18.7 Å².